The van der Waals surface area contributed by atoms with Crippen LogP contribution >= 0.6 is 0 Å². The van der Waals surface area contributed by atoms with Crippen LogP contribution in [0, 0.1) is 6.92 Å². The SMILES string of the molecule is CC(=O)NC(Oc1cccc(NC(N)=O)c1)(C(=O)Nc1cccc(-c2noc(C)n2)c1)c1ccccc1. The molecule has 0 fully saturated rings. The van der Waals surface area contributed by atoms with Gasteiger partial charge >= 0.3 is 6.03 Å². The number of ether oxygens (including phenoxy) is 1. The van der Waals surface area contributed by atoms with Gasteiger partial charge in [-0.15, -0.1) is 0 Å². The maximum absolute atomic E-state index is 13.9. The van der Waals surface area contributed by atoms with Gasteiger partial charge in [-0.05, 0) is 24.3 Å². The minimum atomic E-state index is -1.98. The Kier molecular flexibility index (Phi) is 7.14. The summed E-state index contributed by atoms with van der Waals surface area (Å²) in [5.41, 5.74) is 4.98. The Balaban J connectivity index is 1.74. The fourth-order valence-corrected chi connectivity index (χ4v) is 3.64. The number of anilines is 2. The molecule has 0 spiro atoms. The van der Waals surface area contributed by atoms with E-state index in [1.54, 1.807) is 79.7 Å². The molecule has 4 rings (SSSR count). The molecule has 5 N–H and O–H groups in total. The van der Waals surface area contributed by atoms with Gasteiger partial charge in [-0.1, -0.05) is 53.7 Å². The van der Waals surface area contributed by atoms with E-state index in [4.69, 9.17) is 15.0 Å². The number of hydrogen-bond donors (Lipinski definition) is 4. The van der Waals surface area contributed by atoms with Crippen molar-refractivity contribution in [1.82, 2.24) is 15.5 Å². The lowest BCUT2D eigenvalue weighted by Gasteiger charge is -2.34. The van der Waals surface area contributed by atoms with Crippen LogP contribution < -0.4 is 26.4 Å². The molecule has 0 aliphatic heterocycles. The van der Waals surface area contributed by atoms with Crippen LogP contribution in [0.2, 0.25) is 0 Å². The molecular weight excluding hydrogens is 476 g/mol. The highest BCUT2D eigenvalue weighted by Gasteiger charge is 2.44. The lowest BCUT2D eigenvalue weighted by Crippen LogP contribution is -2.57. The number of amides is 4. The number of hydrogen-bond acceptors (Lipinski definition) is 7. The number of aryl methyl sites for hydroxylation is 1. The molecule has 11 nitrogen and oxygen atoms in total. The molecule has 11 heteroatoms. The van der Waals surface area contributed by atoms with E-state index in [2.05, 4.69) is 26.1 Å². The summed E-state index contributed by atoms with van der Waals surface area (Å²) in [5, 5.41) is 11.8. The van der Waals surface area contributed by atoms with Gasteiger partial charge in [0.05, 0.1) is 0 Å². The van der Waals surface area contributed by atoms with E-state index < -0.39 is 23.6 Å². The summed E-state index contributed by atoms with van der Waals surface area (Å²) >= 11 is 0. The molecule has 37 heavy (non-hydrogen) atoms. The van der Waals surface area contributed by atoms with Gasteiger partial charge in [0.15, 0.2) is 0 Å². The summed E-state index contributed by atoms with van der Waals surface area (Å²) < 4.78 is 11.2. The smallest absolute Gasteiger partial charge is 0.316 e. The van der Waals surface area contributed by atoms with Crippen molar-refractivity contribution in [2.75, 3.05) is 10.6 Å². The van der Waals surface area contributed by atoms with E-state index in [1.807, 2.05) is 0 Å². The average molecular weight is 501 g/mol. The van der Waals surface area contributed by atoms with Crippen LogP contribution in [-0.4, -0.2) is 28.0 Å². The first-order chi connectivity index (χ1) is 17.7. The summed E-state index contributed by atoms with van der Waals surface area (Å²) in [5.74, 6) is -0.237. The maximum Gasteiger partial charge on any atom is 0.316 e. The van der Waals surface area contributed by atoms with Crippen molar-refractivity contribution in [3.8, 4) is 17.1 Å². The monoisotopic (exact) mass is 500 g/mol. The van der Waals surface area contributed by atoms with Crippen molar-refractivity contribution in [1.29, 1.82) is 0 Å². The van der Waals surface area contributed by atoms with Gasteiger partial charge in [0.1, 0.15) is 5.75 Å². The van der Waals surface area contributed by atoms with Crippen molar-refractivity contribution < 1.29 is 23.6 Å². The Morgan fingerprint density at radius 2 is 1.62 bits per heavy atom. The topological polar surface area (TPSA) is 161 Å². The van der Waals surface area contributed by atoms with Gasteiger partial charge in [-0.3, -0.25) is 9.59 Å². The third-order valence-electron chi connectivity index (χ3n) is 5.13. The molecule has 3 aromatic carbocycles. The van der Waals surface area contributed by atoms with Crippen LogP contribution in [0.3, 0.4) is 0 Å². The van der Waals surface area contributed by atoms with Crippen molar-refractivity contribution in [3.05, 3.63) is 90.3 Å². The summed E-state index contributed by atoms with van der Waals surface area (Å²) in [6.07, 6.45) is 0. The highest BCUT2D eigenvalue weighted by molar-refractivity contribution is 6.00. The minimum Gasteiger partial charge on any atom is -0.454 e. The molecule has 1 aromatic heterocycles. The van der Waals surface area contributed by atoms with Crippen molar-refractivity contribution in [2.45, 2.75) is 19.6 Å². The molecule has 1 atom stereocenters. The molecule has 4 aromatic rings. The summed E-state index contributed by atoms with van der Waals surface area (Å²) in [6.45, 7) is 2.95. The number of aromatic nitrogens is 2. The number of carbonyl (C=O) groups excluding carboxylic acids is 3. The Morgan fingerprint density at radius 3 is 2.27 bits per heavy atom. The van der Waals surface area contributed by atoms with Gasteiger partial charge in [0.2, 0.25) is 17.6 Å². The Labute approximate surface area is 212 Å². The lowest BCUT2D eigenvalue weighted by atomic mass is 10.0. The molecule has 0 aliphatic rings. The molecular formula is C26H24N6O5. The second kappa shape index (κ2) is 10.6. The van der Waals surface area contributed by atoms with Gasteiger partial charge < -0.3 is 30.9 Å². The quantitative estimate of drug-likeness (QED) is 0.269. The Hall–Kier alpha value is -5.19. The highest BCUT2D eigenvalue weighted by atomic mass is 16.5. The molecule has 0 saturated carbocycles. The predicted molar refractivity (Wildman–Crippen MR) is 135 cm³/mol. The first kappa shape index (κ1) is 24.9. The molecule has 1 unspecified atom stereocenters. The number of nitrogens with two attached hydrogens (primary N) is 1. The van der Waals surface area contributed by atoms with Crippen LogP contribution in [0.4, 0.5) is 16.2 Å². The molecule has 0 bridgehead atoms. The molecule has 0 saturated heterocycles. The van der Waals surface area contributed by atoms with Crippen LogP contribution in [0.1, 0.15) is 18.4 Å². The van der Waals surface area contributed by atoms with Gasteiger partial charge in [0.25, 0.3) is 11.6 Å². The number of nitrogens with zero attached hydrogens (tertiary/aromatic N) is 2. The van der Waals surface area contributed by atoms with E-state index in [0.717, 1.165) is 0 Å². The molecule has 0 aliphatic carbocycles. The van der Waals surface area contributed by atoms with Crippen LogP contribution in [-0.2, 0) is 15.3 Å². The summed E-state index contributed by atoms with van der Waals surface area (Å²) in [6, 6.07) is 20.9. The number of rotatable bonds is 8. The third kappa shape index (κ3) is 5.90. The van der Waals surface area contributed by atoms with Crippen LogP contribution in [0.25, 0.3) is 11.4 Å². The summed E-state index contributed by atoms with van der Waals surface area (Å²) in [4.78, 5) is 41.8. The average Bonchev–Trinajstić information content (AvgIpc) is 3.30. The van der Waals surface area contributed by atoms with E-state index in [0.29, 0.717) is 34.2 Å². The number of nitrogens with one attached hydrogen (secondary N) is 3. The Morgan fingerprint density at radius 1 is 0.919 bits per heavy atom. The first-order valence-electron chi connectivity index (χ1n) is 11.2. The van der Waals surface area contributed by atoms with Crippen LogP contribution in [0.15, 0.2) is 83.4 Å². The van der Waals surface area contributed by atoms with Gasteiger partial charge in [-0.25, -0.2) is 4.79 Å². The number of primary amides is 1. The lowest BCUT2D eigenvalue weighted by molar-refractivity contribution is -0.142. The normalized spacial score (nSPS) is 12.2. The van der Waals surface area contributed by atoms with Crippen molar-refractivity contribution in [3.63, 3.8) is 0 Å². The molecule has 1 heterocycles. The van der Waals surface area contributed by atoms with E-state index >= 15 is 0 Å². The van der Waals surface area contributed by atoms with Crippen molar-refractivity contribution >= 4 is 29.2 Å². The standard InChI is InChI=1S/C26H24N6O5/c1-16(33)31-26(19-9-4-3-5-10-19,36-22-13-7-12-21(15-22)30-25(27)35)24(34)29-20-11-6-8-18(14-20)23-28-17(2)37-32-23/h3-15H,1-2H3,(H,29,34)(H,31,33)(H3,27,30,35). The van der Waals surface area contributed by atoms with Crippen molar-refractivity contribution in [2.24, 2.45) is 5.73 Å². The molecule has 188 valence electrons. The Bertz CT molecular complexity index is 1440. The fraction of sp³-hybridized carbons (Fsp3) is 0.115. The van der Waals surface area contributed by atoms with Gasteiger partial charge in [-0.2, -0.15) is 4.98 Å². The number of urea groups is 1. The summed E-state index contributed by atoms with van der Waals surface area (Å²) in [7, 11) is 0. The predicted octanol–water partition coefficient (Wildman–Crippen LogP) is 3.54. The zero-order valence-corrected chi connectivity index (χ0v) is 20.0. The van der Waals surface area contributed by atoms with E-state index in [9.17, 15) is 14.4 Å². The third-order valence-corrected chi connectivity index (χ3v) is 5.13. The molecule has 0 radical (unpaired) electrons. The number of carbonyl (C=O) groups is 3. The second-order valence-electron chi connectivity index (χ2n) is 8.02. The fourth-order valence-electron chi connectivity index (χ4n) is 3.64. The second-order valence-corrected chi connectivity index (χ2v) is 8.02. The maximum atomic E-state index is 13.9. The molecule has 4 amide bonds. The number of benzene rings is 3. The highest BCUT2D eigenvalue weighted by Crippen LogP contribution is 2.30. The zero-order chi connectivity index (χ0) is 26.4. The first-order valence-corrected chi connectivity index (χ1v) is 11.2. The van der Waals surface area contributed by atoms with E-state index in [1.165, 1.54) is 13.0 Å². The minimum absolute atomic E-state index is 0.190. The zero-order valence-electron chi connectivity index (χ0n) is 20.0. The van der Waals surface area contributed by atoms with Gasteiger partial charge in [0, 0.05) is 42.4 Å². The van der Waals surface area contributed by atoms with E-state index in [-0.39, 0.29) is 5.75 Å². The largest absolute Gasteiger partial charge is 0.454 e. The van der Waals surface area contributed by atoms with Crippen LogP contribution in [0.5, 0.6) is 5.75 Å².